The maximum atomic E-state index is 13.3. The number of nitrogens with zero attached hydrogens (tertiary/aromatic N) is 3. The number of anilines is 1. The molecule has 1 aromatic carbocycles. The van der Waals surface area contributed by atoms with Gasteiger partial charge >= 0.3 is 0 Å². The van der Waals surface area contributed by atoms with Crippen LogP contribution in [0.2, 0.25) is 0 Å². The molecule has 1 atom stereocenters. The highest BCUT2D eigenvalue weighted by Crippen LogP contribution is 2.35. The number of hydrogen-bond donors (Lipinski definition) is 1. The van der Waals surface area contributed by atoms with E-state index < -0.39 is 29.7 Å². The molecular weight excluding hydrogens is 428 g/mol. The second-order valence-corrected chi connectivity index (χ2v) is 8.51. The first-order valence-electron chi connectivity index (χ1n) is 11.3. The average Bonchev–Trinajstić information content (AvgIpc) is 3.07. The largest absolute Gasteiger partial charge is 0.372 e. The molecule has 10 nitrogen and oxygen atoms in total. The van der Waals surface area contributed by atoms with Gasteiger partial charge in [-0.2, -0.15) is 0 Å². The van der Waals surface area contributed by atoms with E-state index >= 15 is 0 Å². The molecule has 0 bridgehead atoms. The van der Waals surface area contributed by atoms with Gasteiger partial charge in [-0.05, 0) is 38.3 Å². The molecule has 2 saturated heterocycles. The SMILES string of the molecule is CCOCC(=O)N(C)C1CCN(c2cccc3c2C(=O)N(C2CCC(=O)NC2=O)C3=O)CC1. The molecule has 1 unspecified atom stereocenters. The summed E-state index contributed by atoms with van der Waals surface area (Å²) in [6.45, 7) is 3.63. The summed E-state index contributed by atoms with van der Waals surface area (Å²) in [6, 6.07) is 4.22. The molecule has 0 radical (unpaired) electrons. The van der Waals surface area contributed by atoms with Gasteiger partial charge in [0.1, 0.15) is 12.6 Å². The van der Waals surface area contributed by atoms with Crippen LogP contribution in [0.4, 0.5) is 5.69 Å². The van der Waals surface area contributed by atoms with E-state index in [2.05, 4.69) is 10.2 Å². The number of likely N-dealkylation sites (N-methyl/N-ethyl adjacent to an activating group) is 1. The van der Waals surface area contributed by atoms with Gasteiger partial charge in [0.05, 0.1) is 16.8 Å². The van der Waals surface area contributed by atoms with Gasteiger partial charge in [-0.3, -0.25) is 34.2 Å². The molecule has 33 heavy (non-hydrogen) atoms. The van der Waals surface area contributed by atoms with Crippen LogP contribution in [-0.4, -0.2) is 84.8 Å². The smallest absolute Gasteiger partial charge is 0.264 e. The summed E-state index contributed by atoms with van der Waals surface area (Å²) >= 11 is 0. The van der Waals surface area contributed by atoms with Gasteiger partial charge in [0.15, 0.2) is 0 Å². The molecule has 0 aliphatic carbocycles. The van der Waals surface area contributed by atoms with Crippen LogP contribution >= 0.6 is 0 Å². The van der Waals surface area contributed by atoms with E-state index in [4.69, 9.17) is 4.74 Å². The first-order valence-corrected chi connectivity index (χ1v) is 11.3. The summed E-state index contributed by atoms with van der Waals surface area (Å²) in [5.41, 5.74) is 1.22. The Morgan fingerprint density at radius 1 is 1.12 bits per heavy atom. The van der Waals surface area contributed by atoms with E-state index in [1.165, 1.54) is 0 Å². The van der Waals surface area contributed by atoms with E-state index in [1.54, 1.807) is 24.1 Å². The number of imide groups is 2. The number of benzene rings is 1. The fourth-order valence-corrected chi connectivity index (χ4v) is 4.75. The van der Waals surface area contributed by atoms with Gasteiger partial charge < -0.3 is 14.5 Å². The summed E-state index contributed by atoms with van der Waals surface area (Å²) in [4.78, 5) is 67.2. The average molecular weight is 456 g/mol. The molecule has 5 amide bonds. The third-order valence-corrected chi connectivity index (χ3v) is 6.62. The van der Waals surface area contributed by atoms with Crippen LogP contribution < -0.4 is 10.2 Å². The normalized spacial score (nSPS) is 21.3. The van der Waals surface area contributed by atoms with Crippen LogP contribution in [0.25, 0.3) is 0 Å². The number of carbonyl (C=O) groups is 5. The maximum absolute atomic E-state index is 13.3. The molecule has 3 heterocycles. The van der Waals surface area contributed by atoms with Crippen molar-refractivity contribution in [2.24, 2.45) is 0 Å². The predicted molar refractivity (Wildman–Crippen MR) is 118 cm³/mol. The minimum Gasteiger partial charge on any atom is -0.372 e. The monoisotopic (exact) mass is 456 g/mol. The third kappa shape index (κ3) is 4.22. The lowest BCUT2D eigenvalue weighted by atomic mass is 10.00. The summed E-state index contributed by atoms with van der Waals surface area (Å²) < 4.78 is 5.22. The van der Waals surface area contributed by atoms with Crippen molar-refractivity contribution in [2.75, 3.05) is 38.3 Å². The number of hydrogen-bond acceptors (Lipinski definition) is 7. The van der Waals surface area contributed by atoms with Gasteiger partial charge in [0, 0.05) is 39.2 Å². The number of amides is 5. The number of piperidine rings is 2. The molecule has 2 fully saturated rings. The Labute approximate surface area is 191 Å². The summed E-state index contributed by atoms with van der Waals surface area (Å²) in [5.74, 6) is -2.10. The topological polar surface area (TPSA) is 116 Å². The molecule has 1 aromatic rings. The zero-order chi connectivity index (χ0) is 23.7. The van der Waals surface area contributed by atoms with Crippen molar-refractivity contribution in [3.63, 3.8) is 0 Å². The summed E-state index contributed by atoms with van der Waals surface area (Å²) in [5, 5.41) is 2.21. The van der Waals surface area contributed by atoms with Crippen molar-refractivity contribution < 1.29 is 28.7 Å². The van der Waals surface area contributed by atoms with Crippen LogP contribution in [0, 0.1) is 0 Å². The number of rotatable bonds is 6. The Morgan fingerprint density at radius 3 is 2.52 bits per heavy atom. The standard InChI is InChI=1S/C23H28N4O6/c1-3-33-13-19(29)25(2)14-9-11-26(12-10-14)16-6-4-5-15-20(16)23(32)27(22(15)31)17-7-8-18(28)24-21(17)30/h4-6,14,17H,3,7-13H2,1-2H3,(H,24,28,30). The second-order valence-electron chi connectivity index (χ2n) is 8.51. The Kier molecular flexibility index (Phi) is 6.46. The molecule has 0 spiro atoms. The highest BCUT2D eigenvalue weighted by molar-refractivity contribution is 6.25. The van der Waals surface area contributed by atoms with Crippen molar-refractivity contribution in [1.29, 1.82) is 0 Å². The molecule has 3 aliphatic heterocycles. The highest BCUT2D eigenvalue weighted by atomic mass is 16.5. The fraction of sp³-hybridized carbons (Fsp3) is 0.522. The number of nitrogens with one attached hydrogen (secondary N) is 1. The lowest BCUT2D eigenvalue weighted by molar-refractivity contribution is -0.137. The Hall–Kier alpha value is -3.27. The predicted octanol–water partition coefficient (Wildman–Crippen LogP) is 0.552. The van der Waals surface area contributed by atoms with Crippen molar-refractivity contribution in [3.05, 3.63) is 29.3 Å². The molecule has 0 aromatic heterocycles. The van der Waals surface area contributed by atoms with Crippen LogP contribution in [0.3, 0.4) is 0 Å². The Balaban J connectivity index is 1.49. The van der Waals surface area contributed by atoms with Crippen LogP contribution in [0.5, 0.6) is 0 Å². The van der Waals surface area contributed by atoms with Crippen molar-refractivity contribution in [2.45, 2.75) is 44.7 Å². The lowest BCUT2D eigenvalue weighted by Crippen LogP contribution is -2.54. The quantitative estimate of drug-likeness (QED) is 0.622. The van der Waals surface area contributed by atoms with E-state index in [0.717, 1.165) is 17.7 Å². The van der Waals surface area contributed by atoms with Crippen LogP contribution in [-0.2, 0) is 19.1 Å². The zero-order valence-electron chi connectivity index (χ0n) is 18.8. The Bertz CT molecular complexity index is 1000. The van der Waals surface area contributed by atoms with Crippen molar-refractivity contribution >= 4 is 35.2 Å². The summed E-state index contributed by atoms with van der Waals surface area (Å²) in [6.07, 6.45) is 1.65. The summed E-state index contributed by atoms with van der Waals surface area (Å²) in [7, 11) is 1.78. The molecule has 3 aliphatic rings. The van der Waals surface area contributed by atoms with E-state index in [1.807, 2.05) is 13.0 Å². The minimum atomic E-state index is -0.987. The third-order valence-electron chi connectivity index (χ3n) is 6.62. The minimum absolute atomic E-state index is 0.0587. The van der Waals surface area contributed by atoms with Crippen molar-refractivity contribution in [3.8, 4) is 0 Å². The van der Waals surface area contributed by atoms with Crippen molar-refractivity contribution in [1.82, 2.24) is 15.1 Å². The van der Waals surface area contributed by atoms with Gasteiger partial charge in [-0.15, -0.1) is 0 Å². The molecule has 176 valence electrons. The molecule has 4 rings (SSSR count). The van der Waals surface area contributed by atoms with Gasteiger partial charge in [0.25, 0.3) is 11.8 Å². The Morgan fingerprint density at radius 2 is 1.85 bits per heavy atom. The van der Waals surface area contributed by atoms with Crippen LogP contribution in [0.1, 0.15) is 53.3 Å². The number of ether oxygens (including phenoxy) is 1. The first-order chi connectivity index (χ1) is 15.8. The molecule has 0 saturated carbocycles. The van der Waals surface area contributed by atoms with E-state index in [9.17, 15) is 24.0 Å². The molecule has 1 N–H and O–H groups in total. The number of carbonyl (C=O) groups excluding carboxylic acids is 5. The van der Waals surface area contributed by atoms with E-state index in [0.29, 0.717) is 30.9 Å². The van der Waals surface area contributed by atoms with Gasteiger partial charge in [-0.25, -0.2) is 0 Å². The molecule has 10 heteroatoms. The number of fused-ring (bicyclic) bond motifs is 1. The maximum Gasteiger partial charge on any atom is 0.264 e. The zero-order valence-corrected chi connectivity index (χ0v) is 18.8. The van der Waals surface area contributed by atoms with E-state index in [-0.39, 0.29) is 37.0 Å². The van der Waals surface area contributed by atoms with Gasteiger partial charge in [-0.1, -0.05) is 6.07 Å². The molecular formula is C23H28N4O6. The first kappa shape index (κ1) is 22.9. The fourth-order valence-electron chi connectivity index (χ4n) is 4.75. The van der Waals surface area contributed by atoms with Crippen LogP contribution in [0.15, 0.2) is 18.2 Å². The highest BCUT2D eigenvalue weighted by Gasteiger charge is 2.46. The van der Waals surface area contributed by atoms with Gasteiger partial charge in [0.2, 0.25) is 17.7 Å². The lowest BCUT2D eigenvalue weighted by Gasteiger charge is -2.38. The second kappa shape index (κ2) is 9.30.